The molecule has 1 saturated carbocycles. The number of hydrogen-bond donors (Lipinski definition) is 2. The number of nitrogens with one attached hydrogen (secondary N) is 1. The first kappa shape index (κ1) is 15.5. The first-order chi connectivity index (χ1) is 10.1. The third-order valence-electron chi connectivity index (χ3n) is 4.29. The molecule has 1 aliphatic rings. The van der Waals surface area contributed by atoms with Crippen LogP contribution in [0.4, 0.5) is 0 Å². The monoisotopic (exact) mass is 289 g/mol. The largest absolute Gasteiger partial charge is 0.481 e. The molecule has 0 aliphatic heterocycles. The molecule has 1 aromatic rings. The molecule has 0 heterocycles. The van der Waals surface area contributed by atoms with Gasteiger partial charge in [-0.2, -0.15) is 0 Å². The average molecular weight is 289 g/mol. The van der Waals surface area contributed by atoms with Gasteiger partial charge in [0.05, 0.1) is 5.92 Å². The summed E-state index contributed by atoms with van der Waals surface area (Å²) in [6, 6.07) is 7.25. The van der Waals surface area contributed by atoms with Crippen molar-refractivity contribution in [1.29, 1.82) is 0 Å². The van der Waals surface area contributed by atoms with Crippen LogP contribution in [-0.2, 0) is 11.2 Å². The summed E-state index contributed by atoms with van der Waals surface area (Å²) >= 11 is 0. The number of aryl methyl sites for hydroxylation is 1. The lowest BCUT2D eigenvalue weighted by Crippen LogP contribution is -2.43. The first-order valence-electron chi connectivity index (χ1n) is 7.75. The fraction of sp³-hybridized carbons (Fsp3) is 0.529. The van der Waals surface area contributed by atoms with Gasteiger partial charge in [0.1, 0.15) is 0 Å². The summed E-state index contributed by atoms with van der Waals surface area (Å²) in [7, 11) is 0. The Morgan fingerprint density at radius 3 is 2.62 bits per heavy atom. The minimum Gasteiger partial charge on any atom is -0.481 e. The Labute approximate surface area is 125 Å². The molecular weight excluding hydrogens is 266 g/mol. The molecule has 2 atom stereocenters. The van der Waals surface area contributed by atoms with Crippen molar-refractivity contribution < 1.29 is 14.7 Å². The van der Waals surface area contributed by atoms with Crippen molar-refractivity contribution >= 4 is 11.9 Å². The molecule has 0 bridgehead atoms. The van der Waals surface area contributed by atoms with Crippen LogP contribution in [0, 0.1) is 5.92 Å². The van der Waals surface area contributed by atoms with Crippen molar-refractivity contribution in [3.8, 4) is 0 Å². The fourth-order valence-electron chi connectivity index (χ4n) is 3.07. The Hall–Kier alpha value is -1.84. The van der Waals surface area contributed by atoms with Crippen LogP contribution in [0.25, 0.3) is 0 Å². The normalized spacial score (nSPS) is 22.3. The summed E-state index contributed by atoms with van der Waals surface area (Å²) in [6.07, 6.45) is 5.13. The Balaban J connectivity index is 2.14. The molecule has 1 fully saturated rings. The number of carboxylic acids is 1. The van der Waals surface area contributed by atoms with Crippen LogP contribution >= 0.6 is 0 Å². The Kier molecular flexibility index (Phi) is 5.37. The molecule has 2 unspecified atom stereocenters. The van der Waals surface area contributed by atoms with E-state index in [0.717, 1.165) is 37.7 Å². The Morgan fingerprint density at radius 1 is 1.19 bits per heavy atom. The molecule has 2 N–H and O–H groups in total. The van der Waals surface area contributed by atoms with Crippen molar-refractivity contribution in [2.45, 2.75) is 51.5 Å². The molecule has 1 aliphatic carbocycles. The maximum absolute atomic E-state index is 12.5. The highest BCUT2D eigenvalue weighted by molar-refractivity contribution is 5.96. The van der Waals surface area contributed by atoms with E-state index in [1.165, 1.54) is 0 Å². The van der Waals surface area contributed by atoms with Crippen molar-refractivity contribution in [2.24, 2.45) is 5.92 Å². The SMILES string of the molecule is CCc1ccccc1C(=O)NC1CCCCCC1C(=O)O. The van der Waals surface area contributed by atoms with Gasteiger partial charge in [-0.15, -0.1) is 0 Å². The van der Waals surface area contributed by atoms with E-state index in [-0.39, 0.29) is 11.9 Å². The topological polar surface area (TPSA) is 66.4 Å². The second-order valence-corrected chi connectivity index (χ2v) is 5.67. The van der Waals surface area contributed by atoms with Crippen LogP contribution in [0.1, 0.15) is 54.9 Å². The van der Waals surface area contributed by atoms with Gasteiger partial charge < -0.3 is 10.4 Å². The van der Waals surface area contributed by atoms with E-state index in [9.17, 15) is 14.7 Å². The summed E-state index contributed by atoms with van der Waals surface area (Å²) in [4.78, 5) is 23.9. The maximum atomic E-state index is 12.5. The number of rotatable bonds is 4. The molecule has 0 aromatic heterocycles. The molecule has 0 spiro atoms. The molecule has 21 heavy (non-hydrogen) atoms. The summed E-state index contributed by atoms with van der Waals surface area (Å²) < 4.78 is 0. The summed E-state index contributed by atoms with van der Waals surface area (Å²) in [5.41, 5.74) is 1.66. The van der Waals surface area contributed by atoms with E-state index >= 15 is 0 Å². The highest BCUT2D eigenvalue weighted by Crippen LogP contribution is 2.24. The fourth-order valence-corrected chi connectivity index (χ4v) is 3.07. The van der Waals surface area contributed by atoms with Gasteiger partial charge in [0.25, 0.3) is 5.91 Å². The van der Waals surface area contributed by atoms with E-state index in [0.29, 0.717) is 12.0 Å². The van der Waals surface area contributed by atoms with Crippen LogP contribution in [0.15, 0.2) is 24.3 Å². The Bertz CT molecular complexity index is 513. The minimum absolute atomic E-state index is 0.148. The number of carbonyl (C=O) groups is 2. The third kappa shape index (κ3) is 3.84. The van der Waals surface area contributed by atoms with Gasteiger partial charge in [0, 0.05) is 11.6 Å². The van der Waals surface area contributed by atoms with E-state index < -0.39 is 11.9 Å². The summed E-state index contributed by atoms with van der Waals surface area (Å²) in [5.74, 6) is -1.41. The smallest absolute Gasteiger partial charge is 0.308 e. The lowest BCUT2D eigenvalue weighted by atomic mass is 9.94. The minimum atomic E-state index is -0.800. The van der Waals surface area contributed by atoms with Gasteiger partial charge in [0.15, 0.2) is 0 Å². The van der Waals surface area contributed by atoms with Crippen LogP contribution < -0.4 is 5.32 Å². The average Bonchev–Trinajstić information content (AvgIpc) is 2.72. The van der Waals surface area contributed by atoms with E-state index in [1.807, 2.05) is 25.1 Å². The van der Waals surface area contributed by atoms with E-state index in [1.54, 1.807) is 6.07 Å². The predicted octanol–water partition coefficient (Wildman–Crippen LogP) is 3.01. The zero-order chi connectivity index (χ0) is 15.2. The lowest BCUT2D eigenvalue weighted by molar-refractivity contribution is -0.142. The van der Waals surface area contributed by atoms with Crippen LogP contribution in [-0.4, -0.2) is 23.0 Å². The Morgan fingerprint density at radius 2 is 1.90 bits per heavy atom. The standard InChI is InChI=1S/C17H23NO3/c1-2-12-8-6-7-9-13(12)16(19)18-15-11-5-3-4-10-14(15)17(20)21/h6-9,14-15H,2-5,10-11H2,1H3,(H,18,19)(H,20,21). The van der Waals surface area contributed by atoms with Gasteiger partial charge in [-0.3, -0.25) is 9.59 Å². The zero-order valence-corrected chi connectivity index (χ0v) is 12.5. The highest BCUT2D eigenvalue weighted by atomic mass is 16.4. The van der Waals surface area contributed by atoms with Crippen LogP contribution in [0.2, 0.25) is 0 Å². The molecule has 4 nitrogen and oxygen atoms in total. The summed E-state index contributed by atoms with van der Waals surface area (Å²) in [6.45, 7) is 2.01. The first-order valence-corrected chi connectivity index (χ1v) is 7.75. The van der Waals surface area contributed by atoms with Gasteiger partial charge in [-0.05, 0) is 30.9 Å². The van der Waals surface area contributed by atoms with Crippen molar-refractivity contribution in [3.05, 3.63) is 35.4 Å². The molecule has 0 radical (unpaired) electrons. The van der Waals surface area contributed by atoms with Crippen molar-refractivity contribution in [3.63, 3.8) is 0 Å². The van der Waals surface area contributed by atoms with Gasteiger partial charge in [0.2, 0.25) is 0 Å². The lowest BCUT2D eigenvalue weighted by Gasteiger charge is -2.23. The number of carboxylic acid groups (broad SMARTS) is 1. The molecule has 0 saturated heterocycles. The molecule has 2 rings (SSSR count). The van der Waals surface area contributed by atoms with Gasteiger partial charge in [-0.1, -0.05) is 44.4 Å². The number of benzene rings is 1. The van der Waals surface area contributed by atoms with Crippen molar-refractivity contribution in [2.75, 3.05) is 0 Å². The maximum Gasteiger partial charge on any atom is 0.308 e. The number of carbonyl (C=O) groups excluding carboxylic acids is 1. The number of hydrogen-bond acceptors (Lipinski definition) is 2. The van der Waals surface area contributed by atoms with Crippen molar-refractivity contribution in [1.82, 2.24) is 5.32 Å². The molecule has 1 amide bonds. The molecule has 114 valence electrons. The molecule has 4 heteroatoms. The number of amides is 1. The second kappa shape index (κ2) is 7.25. The highest BCUT2D eigenvalue weighted by Gasteiger charge is 2.31. The quantitative estimate of drug-likeness (QED) is 0.837. The van der Waals surface area contributed by atoms with E-state index in [4.69, 9.17) is 0 Å². The van der Waals surface area contributed by atoms with E-state index in [2.05, 4.69) is 5.32 Å². The van der Waals surface area contributed by atoms with Crippen LogP contribution in [0.5, 0.6) is 0 Å². The van der Waals surface area contributed by atoms with Gasteiger partial charge >= 0.3 is 5.97 Å². The summed E-state index contributed by atoms with van der Waals surface area (Å²) in [5, 5.41) is 12.3. The van der Waals surface area contributed by atoms with Gasteiger partial charge in [-0.25, -0.2) is 0 Å². The zero-order valence-electron chi connectivity index (χ0n) is 12.5. The predicted molar refractivity (Wildman–Crippen MR) is 81.3 cm³/mol. The second-order valence-electron chi connectivity index (χ2n) is 5.67. The molecule has 1 aromatic carbocycles. The molecular formula is C17H23NO3. The number of aliphatic carboxylic acids is 1. The third-order valence-corrected chi connectivity index (χ3v) is 4.29. The van der Waals surface area contributed by atoms with Crippen LogP contribution in [0.3, 0.4) is 0 Å².